The van der Waals surface area contributed by atoms with E-state index in [0.29, 0.717) is 6.04 Å². The van der Waals surface area contributed by atoms with Crippen molar-refractivity contribution >= 4 is 0 Å². The Balaban J connectivity index is 1.80. The van der Waals surface area contributed by atoms with Crippen molar-refractivity contribution in [1.29, 1.82) is 0 Å². The molecule has 1 aliphatic rings. The molecule has 1 fully saturated rings. The van der Waals surface area contributed by atoms with Crippen LogP contribution in [0.1, 0.15) is 44.1 Å². The highest BCUT2D eigenvalue weighted by molar-refractivity contribution is 5.27. The fourth-order valence-electron chi connectivity index (χ4n) is 3.00. The van der Waals surface area contributed by atoms with Gasteiger partial charge in [0.05, 0.1) is 7.11 Å². The van der Waals surface area contributed by atoms with Crippen LogP contribution in [0.3, 0.4) is 0 Å². The van der Waals surface area contributed by atoms with E-state index in [-0.39, 0.29) is 0 Å². The second-order valence-corrected chi connectivity index (χ2v) is 5.55. The lowest BCUT2D eigenvalue weighted by Crippen LogP contribution is -2.27. The highest BCUT2D eigenvalue weighted by atomic mass is 16.5. The Hall–Kier alpha value is -1.02. The first-order chi connectivity index (χ1) is 8.78. The van der Waals surface area contributed by atoms with E-state index in [2.05, 4.69) is 12.1 Å². The number of rotatable bonds is 5. The fourth-order valence-corrected chi connectivity index (χ4v) is 3.00. The van der Waals surface area contributed by atoms with Gasteiger partial charge in [-0.15, -0.1) is 0 Å². The molecule has 1 atom stereocenters. The van der Waals surface area contributed by atoms with Gasteiger partial charge in [-0.3, -0.25) is 0 Å². The maximum atomic E-state index is 6.28. The molecule has 1 aliphatic carbocycles. The highest BCUT2D eigenvalue weighted by Crippen LogP contribution is 2.27. The van der Waals surface area contributed by atoms with Crippen molar-refractivity contribution in [2.75, 3.05) is 7.11 Å². The van der Waals surface area contributed by atoms with E-state index in [9.17, 15) is 0 Å². The van der Waals surface area contributed by atoms with E-state index in [1.165, 1.54) is 44.1 Å². The molecule has 2 N–H and O–H groups in total. The molecule has 0 aliphatic heterocycles. The summed E-state index contributed by atoms with van der Waals surface area (Å²) in [7, 11) is 1.70. The van der Waals surface area contributed by atoms with Gasteiger partial charge < -0.3 is 10.5 Å². The van der Waals surface area contributed by atoms with Crippen LogP contribution < -0.4 is 10.5 Å². The van der Waals surface area contributed by atoms with Crippen LogP contribution in [-0.4, -0.2) is 13.2 Å². The summed E-state index contributed by atoms with van der Waals surface area (Å²) < 4.78 is 5.16. The van der Waals surface area contributed by atoms with Gasteiger partial charge in [0, 0.05) is 6.04 Å². The first kappa shape index (κ1) is 13.4. The van der Waals surface area contributed by atoms with Crippen LogP contribution in [0.4, 0.5) is 0 Å². The minimum Gasteiger partial charge on any atom is -0.497 e. The summed E-state index contributed by atoms with van der Waals surface area (Å²) in [4.78, 5) is 0. The summed E-state index contributed by atoms with van der Waals surface area (Å²) >= 11 is 0. The summed E-state index contributed by atoms with van der Waals surface area (Å²) in [6.45, 7) is 0. The molecule has 2 rings (SSSR count). The molecule has 100 valence electrons. The Morgan fingerprint density at radius 1 is 1.17 bits per heavy atom. The van der Waals surface area contributed by atoms with Gasteiger partial charge in [0.25, 0.3) is 0 Å². The lowest BCUT2D eigenvalue weighted by Gasteiger charge is -2.24. The quantitative estimate of drug-likeness (QED) is 0.863. The lowest BCUT2D eigenvalue weighted by atomic mass is 9.84. The van der Waals surface area contributed by atoms with Gasteiger partial charge in [-0.05, 0) is 36.5 Å². The maximum Gasteiger partial charge on any atom is 0.118 e. The molecule has 0 heterocycles. The van der Waals surface area contributed by atoms with Crippen molar-refractivity contribution in [2.24, 2.45) is 11.7 Å². The zero-order valence-electron chi connectivity index (χ0n) is 11.4. The van der Waals surface area contributed by atoms with E-state index in [4.69, 9.17) is 10.5 Å². The molecule has 0 radical (unpaired) electrons. The second kappa shape index (κ2) is 6.79. The van der Waals surface area contributed by atoms with Gasteiger partial charge in [0.1, 0.15) is 5.75 Å². The smallest absolute Gasteiger partial charge is 0.118 e. The Labute approximate surface area is 111 Å². The number of nitrogens with two attached hydrogens (primary N) is 1. The van der Waals surface area contributed by atoms with E-state index < -0.39 is 0 Å². The third kappa shape index (κ3) is 4.02. The van der Waals surface area contributed by atoms with Gasteiger partial charge >= 0.3 is 0 Å². The minimum atomic E-state index is 0.307. The Morgan fingerprint density at radius 2 is 1.83 bits per heavy atom. The zero-order chi connectivity index (χ0) is 12.8. The number of hydrogen-bond donors (Lipinski definition) is 1. The molecule has 1 saturated carbocycles. The minimum absolute atomic E-state index is 0.307. The molecule has 18 heavy (non-hydrogen) atoms. The summed E-state index contributed by atoms with van der Waals surface area (Å²) in [5, 5.41) is 0. The second-order valence-electron chi connectivity index (χ2n) is 5.55. The van der Waals surface area contributed by atoms with E-state index in [1.54, 1.807) is 7.11 Å². The van der Waals surface area contributed by atoms with Crippen molar-refractivity contribution < 1.29 is 4.74 Å². The number of benzene rings is 1. The fraction of sp³-hybridized carbons (Fsp3) is 0.625. The molecule has 0 saturated heterocycles. The highest BCUT2D eigenvalue weighted by Gasteiger charge is 2.16. The van der Waals surface area contributed by atoms with Crippen LogP contribution in [-0.2, 0) is 6.42 Å². The van der Waals surface area contributed by atoms with Gasteiger partial charge in [-0.2, -0.15) is 0 Å². The van der Waals surface area contributed by atoms with Gasteiger partial charge in [-0.25, -0.2) is 0 Å². The third-order valence-corrected chi connectivity index (χ3v) is 4.02. The molecule has 0 spiro atoms. The largest absolute Gasteiger partial charge is 0.497 e. The zero-order valence-corrected chi connectivity index (χ0v) is 11.4. The Bertz CT molecular complexity index is 341. The molecule has 2 nitrogen and oxygen atoms in total. The Kier molecular flexibility index (Phi) is 5.06. The van der Waals surface area contributed by atoms with Gasteiger partial charge in [0.2, 0.25) is 0 Å². The summed E-state index contributed by atoms with van der Waals surface area (Å²) in [5.74, 6) is 1.78. The average Bonchev–Trinajstić information content (AvgIpc) is 2.40. The monoisotopic (exact) mass is 247 g/mol. The van der Waals surface area contributed by atoms with Gasteiger partial charge in [-0.1, -0.05) is 44.2 Å². The summed E-state index contributed by atoms with van der Waals surface area (Å²) in [6, 6.07) is 8.59. The molecule has 1 aromatic rings. The van der Waals surface area contributed by atoms with Crippen LogP contribution in [0.2, 0.25) is 0 Å². The van der Waals surface area contributed by atoms with Crippen molar-refractivity contribution in [3.8, 4) is 5.75 Å². The number of ether oxygens (including phenoxy) is 1. The number of hydrogen-bond acceptors (Lipinski definition) is 2. The van der Waals surface area contributed by atoms with Crippen molar-refractivity contribution in [1.82, 2.24) is 0 Å². The van der Waals surface area contributed by atoms with Crippen LogP contribution in [0.25, 0.3) is 0 Å². The lowest BCUT2D eigenvalue weighted by molar-refractivity contribution is 0.316. The summed E-state index contributed by atoms with van der Waals surface area (Å²) in [6.07, 6.45) is 9.17. The maximum absolute atomic E-state index is 6.28. The average molecular weight is 247 g/mol. The van der Waals surface area contributed by atoms with Crippen molar-refractivity contribution in [3.63, 3.8) is 0 Å². The predicted molar refractivity (Wildman–Crippen MR) is 75.9 cm³/mol. The number of methoxy groups -OCH3 is 1. The van der Waals surface area contributed by atoms with Crippen LogP contribution in [0, 0.1) is 5.92 Å². The van der Waals surface area contributed by atoms with Crippen LogP contribution in [0.5, 0.6) is 5.75 Å². The molecule has 0 bridgehead atoms. The topological polar surface area (TPSA) is 35.2 Å². The predicted octanol–water partition coefficient (Wildman–Crippen LogP) is 3.54. The van der Waals surface area contributed by atoms with Crippen molar-refractivity contribution in [2.45, 2.75) is 51.0 Å². The SMILES string of the molecule is COc1ccc(CC(N)CC2CCCCC2)cc1. The molecule has 2 heteroatoms. The first-order valence-electron chi connectivity index (χ1n) is 7.16. The van der Waals surface area contributed by atoms with E-state index >= 15 is 0 Å². The first-order valence-corrected chi connectivity index (χ1v) is 7.16. The molecule has 0 amide bonds. The molecular formula is C16H25NO. The molecule has 1 aromatic carbocycles. The normalized spacial score (nSPS) is 18.6. The molecule has 1 unspecified atom stereocenters. The Morgan fingerprint density at radius 3 is 2.44 bits per heavy atom. The van der Waals surface area contributed by atoms with Crippen LogP contribution >= 0.6 is 0 Å². The summed E-state index contributed by atoms with van der Waals surface area (Å²) in [5.41, 5.74) is 7.59. The van der Waals surface area contributed by atoms with Crippen molar-refractivity contribution in [3.05, 3.63) is 29.8 Å². The van der Waals surface area contributed by atoms with Crippen LogP contribution in [0.15, 0.2) is 24.3 Å². The third-order valence-electron chi connectivity index (χ3n) is 4.02. The molecular weight excluding hydrogens is 222 g/mol. The molecule has 0 aromatic heterocycles. The van der Waals surface area contributed by atoms with Gasteiger partial charge in [0.15, 0.2) is 0 Å². The van der Waals surface area contributed by atoms with E-state index in [0.717, 1.165) is 18.1 Å². The standard InChI is InChI=1S/C16H25NO/c1-18-16-9-7-14(8-10-16)12-15(17)11-13-5-3-2-4-6-13/h7-10,13,15H,2-6,11-12,17H2,1H3. The van der Waals surface area contributed by atoms with E-state index in [1.807, 2.05) is 12.1 Å².